The Morgan fingerprint density at radius 2 is 2.04 bits per heavy atom. The van der Waals surface area contributed by atoms with E-state index >= 15 is 0 Å². The molecule has 6 nitrogen and oxygen atoms in total. The number of carbonyl (C=O) groups excluding carboxylic acids is 1. The number of hydrogen-bond donors (Lipinski definition) is 0. The van der Waals surface area contributed by atoms with Gasteiger partial charge in [-0.2, -0.15) is 0 Å². The molecule has 3 heterocycles. The van der Waals surface area contributed by atoms with E-state index in [2.05, 4.69) is 4.90 Å². The summed E-state index contributed by atoms with van der Waals surface area (Å²) in [7, 11) is 1.67. The number of rotatable bonds is 5. The van der Waals surface area contributed by atoms with Crippen LogP contribution in [0.25, 0.3) is 11.3 Å². The standard InChI is InChI=1S/C22H25N3O3/c1-27-17-4-2-3-16(11-17)21-19-14-25(13-15-5-6-15)22(26)18(19)12-20(23-21)24-7-9-28-10-8-24/h2-4,11-12,15H,5-10,13-14H2,1H3. The predicted molar refractivity (Wildman–Crippen MR) is 107 cm³/mol. The molecule has 0 unspecified atom stereocenters. The lowest BCUT2D eigenvalue weighted by atomic mass is 10.0. The summed E-state index contributed by atoms with van der Waals surface area (Å²) in [6.07, 6.45) is 2.47. The number of fused-ring (bicyclic) bond motifs is 1. The fraction of sp³-hybridized carbons (Fsp3) is 0.455. The average Bonchev–Trinajstić information content (AvgIpc) is 3.51. The van der Waals surface area contributed by atoms with E-state index in [9.17, 15) is 4.79 Å². The molecule has 6 heteroatoms. The summed E-state index contributed by atoms with van der Waals surface area (Å²) in [5.74, 6) is 2.47. The molecule has 5 rings (SSSR count). The number of anilines is 1. The summed E-state index contributed by atoms with van der Waals surface area (Å²) in [5, 5.41) is 0. The molecule has 1 saturated carbocycles. The third kappa shape index (κ3) is 3.22. The number of amides is 1. The van der Waals surface area contributed by atoms with Gasteiger partial charge in [0.1, 0.15) is 11.6 Å². The van der Waals surface area contributed by atoms with Gasteiger partial charge in [-0.3, -0.25) is 4.79 Å². The van der Waals surface area contributed by atoms with Crippen LogP contribution in [0.2, 0.25) is 0 Å². The normalized spacial score (nSPS) is 19.1. The highest BCUT2D eigenvalue weighted by atomic mass is 16.5. The Labute approximate surface area is 165 Å². The van der Waals surface area contributed by atoms with E-state index in [1.54, 1.807) is 7.11 Å². The average molecular weight is 379 g/mol. The fourth-order valence-corrected chi connectivity index (χ4v) is 4.07. The van der Waals surface area contributed by atoms with Gasteiger partial charge in [-0.25, -0.2) is 4.98 Å². The molecule has 1 amide bonds. The summed E-state index contributed by atoms with van der Waals surface area (Å²) in [4.78, 5) is 22.4. The van der Waals surface area contributed by atoms with Crippen LogP contribution in [0, 0.1) is 5.92 Å². The molecular weight excluding hydrogens is 354 g/mol. The lowest BCUT2D eigenvalue weighted by molar-refractivity contribution is 0.0771. The molecule has 3 aliphatic rings. The fourth-order valence-electron chi connectivity index (χ4n) is 4.07. The smallest absolute Gasteiger partial charge is 0.254 e. The number of hydrogen-bond acceptors (Lipinski definition) is 5. The van der Waals surface area contributed by atoms with Crippen molar-refractivity contribution in [3.05, 3.63) is 41.5 Å². The summed E-state index contributed by atoms with van der Waals surface area (Å²) in [6, 6.07) is 9.93. The van der Waals surface area contributed by atoms with E-state index < -0.39 is 0 Å². The molecule has 2 fully saturated rings. The van der Waals surface area contributed by atoms with Crippen LogP contribution in [0.4, 0.5) is 5.82 Å². The molecule has 0 spiro atoms. The van der Waals surface area contributed by atoms with Gasteiger partial charge in [0, 0.05) is 37.3 Å². The van der Waals surface area contributed by atoms with Crippen molar-refractivity contribution in [2.24, 2.45) is 5.92 Å². The first-order valence-corrected chi connectivity index (χ1v) is 10.0. The molecule has 1 saturated heterocycles. The number of ether oxygens (including phenoxy) is 2. The molecule has 0 bridgehead atoms. The molecular formula is C22H25N3O3. The lowest BCUT2D eigenvalue weighted by Gasteiger charge is -2.28. The van der Waals surface area contributed by atoms with Crippen LogP contribution in [0.15, 0.2) is 30.3 Å². The Hall–Kier alpha value is -2.60. The van der Waals surface area contributed by atoms with Gasteiger partial charge in [-0.15, -0.1) is 0 Å². The second-order valence-corrected chi connectivity index (χ2v) is 7.82. The number of pyridine rings is 1. The van der Waals surface area contributed by atoms with E-state index in [4.69, 9.17) is 14.5 Å². The predicted octanol–water partition coefficient (Wildman–Crippen LogP) is 2.96. The molecule has 0 N–H and O–H groups in total. The van der Waals surface area contributed by atoms with Gasteiger partial charge in [0.25, 0.3) is 5.91 Å². The van der Waals surface area contributed by atoms with Crippen molar-refractivity contribution in [3.63, 3.8) is 0 Å². The van der Waals surface area contributed by atoms with Crippen molar-refractivity contribution in [2.45, 2.75) is 19.4 Å². The van der Waals surface area contributed by atoms with E-state index in [1.807, 2.05) is 35.2 Å². The van der Waals surface area contributed by atoms with Crippen LogP contribution in [0.5, 0.6) is 5.75 Å². The Kier molecular flexibility index (Phi) is 4.43. The molecule has 28 heavy (non-hydrogen) atoms. The van der Waals surface area contributed by atoms with Gasteiger partial charge < -0.3 is 19.3 Å². The van der Waals surface area contributed by atoms with Crippen molar-refractivity contribution in [3.8, 4) is 17.0 Å². The van der Waals surface area contributed by atoms with Crippen LogP contribution in [-0.2, 0) is 11.3 Å². The maximum Gasteiger partial charge on any atom is 0.254 e. The topological polar surface area (TPSA) is 54.9 Å². The van der Waals surface area contributed by atoms with Crippen LogP contribution in [-0.4, -0.2) is 55.7 Å². The van der Waals surface area contributed by atoms with Crippen LogP contribution in [0.3, 0.4) is 0 Å². The first-order chi connectivity index (χ1) is 13.7. The van der Waals surface area contributed by atoms with Crippen molar-refractivity contribution < 1.29 is 14.3 Å². The van der Waals surface area contributed by atoms with Crippen LogP contribution < -0.4 is 9.64 Å². The number of benzene rings is 1. The third-order valence-corrected chi connectivity index (χ3v) is 5.83. The lowest BCUT2D eigenvalue weighted by Crippen LogP contribution is -2.37. The first-order valence-electron chi connectivity index (χ1n) is 10.0. The molecule has 0 radical (unpaired) electrons. The third-order valence-electron chi connectivity index (χ3n) is 5.83. The van der Waals surface area contributed by atoms with Crippen LogP contribution >= 0.6 is 0 Å². The summed E-state index contributed by atoms with van der Waals surface area (Å²) >= 11 is 0. The van der Waals surface area contributed by atoms with Gasteiger partial charge in [-0.1, -0.05) is 12.1 Å². The molecule has 1 aromatic carbocycles. The van der Waals surface area contributed by atoms with Crippen molar-refractivity contribution in [2.75, 3.05) is 44.9 Å². The van der Waals surface area contributed by atoms with E-state index in [-0.39, 0.29) is 5.91 Å². The van der Waals surface area contributed by atoms with Gasteiger partial charge >= 0.3 is 0 Å². The van der Waals surface area contributed by atoms with Crippen molar-refractivity contribution in [1.82, 2.24) is 9.88 Å². The SMILES string of the molecule is COc1cccc(-c2nc(N3CCOCC3)cc3c2CN(CC2CC2)C3=O)c1. The number of nitrogens with zero attached hydrogens (tertiary/aromatic N) is 3. The van der Waals surface area contributed by atoms with Gasteiger partial charge in [0.2, 0.25) is 0 Å². The van der Waals surface area contributed by atoms with Crippen molar-refractivity contribution in [1.29, 1.82) is 0 Å². The number of methoxy groups -OCH3 is 1. The van der Waals surface area contributed by atoms with Crippen molar-refractivity contribution >= 4 is 11.7 Å². The van der Waals surface area contributed by atoms with Crippen LogP contribution in [0.1, 0.15) is 28.8 Å². The highest BCUT2D eigenvalue weighted by Gasteiger charge is 2.35. The minimum Gasteiger partial charge on any atom is -0.497 e. The van der Waals surface area contributed by atoms with Gasteiger partial charge in [0.15, 0.2) is 0 Å². The van der Waals surface area contributed by atoms with Gasteiger partial charge in [-0.05, 0) is 37.0 Å². The van der Waals surface area contributed by atoms with E-state index in [1.165, 1.54) is 12.8 Å². The molecule has 146 valence electrons. The number of morpholine rings is 1. The first kappa shape index (κ1) is 17.5. The van der Waals surface area contributed by atoms with E-state index in [0.29, 0.717) is 25.7 Å². The monoisotopic (exact) mass is 379 g/mol. The quantitative estimate of drug-likeness (QED) is 0.800. The molecule has 0 atom stereocenters. The molecule has 1 aliphatic carbocycles. The zero-order valence-electron chi connectivity index (χ0n) is 16.2. The van der Waals surface area contributed by atoms with Gasteiger partial charge in [0.05, 0.1) is 31.6 Å². The summed E-state index contributed by atoms with van der Waals surface area (Å²) < 4.78 is 10.9. The number of aromatic nitrogens is 1. The minimum absolute atomic E-state index is 0.142. The zero-order chi connectivity index (χ0) is 19.1. The highest BCUT2D eigenvalue weighted by Crippen LogP contribution is 2.38. The van der Waals surface area contributed by atoms with E-state index in [0.717, 1.165) is 53.6 Å². The Balaban J connectivity index is 1.59. The summed E-state index contributed by atoms with van der Waals surface area (Å²) in [5.41, 5.74) is 3.72. The molecule has 2 aromatic rings. The maximum atomic E-state index is 13.1. The minimum atomic E-state index is 0.142. The maximum absolute atomic E-state index is 13.1. The number of carbonyl (C=O) groups is 1. The Morgan fingerprint density at radius 1 is 1.21 bits per heavy atom. The molecule has 2 aliphatic heterocycles. The summed E-state index contributed by atoms with van der Waals surface area (Å²) in [6.45, 7) is 4.47. The largest absolute Gasteiger partial charge is 0.497 e. The Morgan fingerprint density at radius 3 is 2.79 bits per heavy atom. The second-order valence-electron chi connectivity index (χ2n) is 7.82. The zero-order valence-corrected chi connectivity index (χ0v) is 16.2. The second kappa shape index (κ2) is 7.09. The molecule has 1 aromatic heterocycles. The Bertz CT molecular complexity index is 904. The highest BCUT2D eigenvalue weighted by molar-refractivity contribution is 6.01.